The highest BCUT2D eigenvalue weighted by Gasteiger charge is 2.20. The first-order chi connectivity index (χ1) is 6.05. The van der Waals surface area contributed by atoms with Gasteiger partial charge in [0.15, 0.2) is 0 Å². The Morgan fingerprint density at radius 2 is 2.00 bits per heavy atom. The van der Waals surface area contributed by atoms with Gasteiger partial charge in [-0.15, -0.1) is 0 Å². The van der Waals surface area contributed by atoms with Crippen LogP contribution in [-0.4, -0.2) is 49.0 Å². The van der Waals surface area contributed by atoms with Crippen LogP contribution >= 0.6 is 0 Å². The van der Waals surface area contributed by atoms with Crippen LogP contribution in [0.1, 0.15) is 27.2 Å². The van der Waals surface area contributed by atoms with E-state index in [-0.39, 0.29) is 0 Å². The molecule has 0 aliphatic carbocycles. The summed E-state index contributed by atoms with van der Waals surface area (Å²) >= 11 is 0. The van der Waals surface area contributed by atoms with Crippen LogP contribution in [-0.2, 0) is 4.74 Å². The van der Waals surface area contributed by atoms with Gasteiger partial charge in [0.25, 0.3) is 0 Å². The summed E-state index contributed by atoms with van der Waals surface area (Å²) in [6, 6.07) is 0. The van der Waals surface area contributed by atoms with Crippen LogP contribution in [0, 0.1) is 0 Å². The van der Waals surface area contributed by atoms with Crippen LogP contribution in [0.2, 0.25) is 0 Å². The van der Waals surface area contributed by atoms with Crippen LogP contribution in [0.3, 0.4) is 0 Å². The van der Waals surface area contributed by atoms with Gasteiger partial charge < -0.3 is 9.84 Å². The summed E-state index contributed by atoms with van der Waals surface area (Å²) in [5, 5.41) is 9.84. The molecular formula is C10H23NO2. The molecule has 0 aromatic carbocycles. The lowest BCUT2D eigenvalue weighted by Gasteiger charge is -2.29. The molecule has 0 saturated heterocycles. The predicted octanol–water partition coefficient (Wildman–Crippen LogP) is 1.12. The number of hydrogen-bond donors (Lipinski definition) is 1. The van der Waals surface area contributed by atoms with E-state index in [1.165, 1.54) is 0 Å². The summed E-state index contributed by atoms with van der Waals surface area (Å²) in [5.74, 6) is 0. The summed E-state index contributed by atoms with van der Waals surface area (Å²) < 4.78 is 5.00. The van der Waals surface area contributed by atoms with Crippen molar-refractivity contribution in [1.29, 1.82) is 0 Å². The SMILES string of the molecule is CCN(CCOC)CC(C)(O)CC. The van der Waals surface area contributed by atoms with Crippen molar-refractivity contribution >= 4 is 0 Å². The van der Waals surface area contributed by atoms with E-state index in [0.717, 1.165) is 32.7 Å². The van der Waals surface area contributed by atoms with Gasteiger partial charge in [0.2, 0.25) is 0 Å². The van der Waals surface area contributed by atoms with Crippen molar-refractivity contribution in [2.75, 3.05) is 33.4 Å². The summed E-state index contributed by atoms with van der Waals surface area (Å²) in [4.78, 5) is 2.20. The second kappa shape index (κ2) is 6.35. The molecule has 1 atom stereocenters. The molecular weight excluding hydrogens is 166 g/mol. The highest BCUT2D eigenvalue weighted by Crippen LogP contribution is 2.10. The van der Waals surface area contributed by atoms with Gasteiger partial charge >= 0.3 is 0 Å². The van der Waals surface area contributed by atoms with E-state index in [4.69, 9.17) is 4.74 Å². The number of rotatable bonds is 7. The Labute approximate surface area is 81.7 Å². The number of ether oxygens (including phenoxy) is 1. The fourth-order valence-corrected chi connectivity index (χ4v) is 1.16. The van der Waals surface area contributed by atoms with Crippen molar-refractivity contribution < 1.29 is 9.84 Å². The minimum absolute atomic E-state index is 0.566. The molecule has 13 heavy (non-hydrogen) atoms. The number of methoxy groups -OCH3 is 1. The van der Waals surface area contributed by atoms with Gasteiger partial charge in [-0.2, -0.15) is 0 Å². The minimum Gasteiger partial charge on any atom is -0.389 e. The highest BCUT2D eigenvalue weighted by molar-refractivity contribution is 4.75. The Morgan fingerprint density at radius 3 is 2.38 bits per heavy atom. The maximum absolute atomic E-state index is 9.84. The molecule has 0 aromatic heterocycles. The topological polar surface area (TPSA) is 32.7 Å². The minimum atomic E-state index is -0.566. The molecule has 1 N–H and O–H groups in total. The number of aliphatic hydroxyl groups is 1. The average molecular weight is 189 g/mol. The van der Waals surface area contributed by atoms with E-state index >= 15 is 0 Å². The van der Waals surface area contributed by atoms with E-state index in [1.54, 1.807) is 7.11 Å². The van der Waals surface area contributed by atoms with Gasteiger partial charge in [0.05, 0.1) is 12.2 Å². The highest BCUT2D eigenvalue weighted by atomic mass is 16.5. The quantitative estimate of drug-likeness (QED) is 0.651. The Kier molecular flexibility index (Phi) is 6.29. The third kappa shape index (κ3) is 6.02. The first-order valence-corrected chi connectivity index (χ1v) is 4.99. The van der Waals surface area contributed by atoms with Crippen LogP contribution < -0.4 is 0 Å². The monoisotopic (exact) mass is 189 g/mol. The van der Waals surface area contributed by atoms with Crippen molar-refractivity contribution in [2.45, 2.75) is 32.8 Å². The number of nitrogens with zero attached hydrogens (tertiary/aromatic N) is 1. The third-order valence-corrected chi connectivity index (χ3v) is 2.38. The van der Waals surface area contributed by atoms with Crippen molar-refractivity contribution in [1.82, 2.24) is 4.90 Å². The lowest BCUT2D eigenvalue weighted by Crippen LogP contribution is -2.41. The van der Waals surface area contributed by atoms with Crippen LogP contribution in [0.15, 0.2) is 0 Å². The van der Waals surface area contributed by atoms with Gasteiger partial charge in [0.1, 0.15) is 0 Å². The maximum atomic E-state index is 9.84. The van der Waals surface area contributed by atoms with Crippen LogP contribution in [0.5, 0.6) is 0 Å². The molecule has 3 heteroatoms. The molecule has 0 fully saturated rings. The molecule has 0 aliphatic heterocycles. The first-order valence-electron chi connectivity index (χ1n) is 4.99. The molecule has 0 rings (SSSR count). The summed E-state index contributed by atoms with van der Waals surface area (Å²) in [6.45, 7) is 9.29. The van der Waals surface area contributed by atoms with E-state index in [9.17, 15) is 5.11 Å². The first kappa shape index (κ1) is 12.9. The summed E-state index contributed by atoms with van der Waals surface area (Å²) in [7, 11) is 1.70. The molecule has 80 valence electrons. The lowest BCUT2D eigenvalue weighted by atomic mass is 10.0. The number of likely N-dealkylation sites (N-methyl/N-ethyl adjacent to an activating group) is 1. The van der Waals surface area contributed by atoms with E-state index in [2.05, 4.69) is 11.8 Å². The van der Waals surface area contributed by atoms with E-state index < -0.39 is 5.60 Å². The zero-order chi connectivity index (χ0) is 10.3. The fourth-order valence-electron chi connectivity index (χ4n) is 1.16. The van der Waals surface area contributed by atoms with E-state index in [1.807, 2.05) is 13.8 Å². The molecule has 3 nitrogen and oxygen atoms in total. The second-order valence-corrected chi connectivity index (χ2v) is 3.71. The molecule has 0 bridgehead atoms. The molecule has 0 amide bonds. The van der Waals surface area contributed by atoms with Gasteiger partial charge in [-0.3, -0.25) is 4.90 Å². The van der Waals surface area contributed by atoms with Crippen molar-refractivity contribution in [3.05, 3.63) is 0 Å². The molecule has 0 heterocycles. The summed E-state index contributed by atoms with van der Waals surface area (Å²) in [6.07, 6.45) is 0.788. The van der Waals surface area contributed by atoms with Gasteiger partial charge in [-0.1, -0.05) is 13.8 Å². The number of hydrogen-bond acceptors (Lipinski definition) is 3. The zero-order valence-electron chi connectivity index (χ0n) is 9.34. The van der Waals surface area contributed by atoms with Crippen molar-refractivity contribution in [3.63, 3.8) is 0 Å². The molecule has 0 radical (unpaired) electrons. The van der Waals surface area contributed by atoms with E-state index in [0.29, 0.717) is 0 Å². The van der Waals surface area contributed by atoms with Crippen LogP contribution in [0.25, 0.3) is 0 Å². The second-order valence-electron chi connectivity index (χ2n) is 3.71. The fraction of sp³-hybridized carbons (Fsp3) is 1.00. The standard InChI is InChI=1S/C10H23NO2/c1-5-10(3,12)9-11(6-2)7-8-13-4/h12H,5-9H2,1-4H3. The average Bonchev–Trinajstić information content (AvgIpc) is 2.12. The third-order valence-electron chi connectivity index (χ3n) is 2.38. The Balaban J connectivity index is 3.82. The lowest BCUT2D eigenvalue weighted by molar-refractivity contribution is 0.0114. The Hall–Kier alpha value is -0.120. The van der Waals surface area contributed by atoms with Crippen molar-refractivity contribution in [3.8, 4) is 0 Å². The Bertz CT molecular complexity index is 126. The Morgan fingerprint density at radius 1 is 1.38 bits per heavy atom. The molecule has 0 aliphatic rings. The maximum Gasteiger partial charge on any atom is 0.0743 e. The zero-order valence-corrected chi connectivity index (χ0v) is 9.34. The van der Waals surface area contributed by atoms with Crippen molar-refractivity contribution in [2.24, 2.45) is 0 Å². The predicted molar refractivity (Wildman–Crippen MR) is 54.9 cm³/mol. The normalized spacial score (nSPS) is 16.2. The summed E-state index contributed by atoms with van der Waals surface area (Å²) in [5.41, 5.74) is -0.566. The van der Waals surface area contributed by atoms with Gasteiger partial charge in [-0.05, 0) is 19.9 Å². The smallest absolute Gasteiger partial charge is 0.0743 e. The van der Waals surface area contributed by atoms with Gasteiger partial charge in [-0.25, -0.2) is 0 Å². The molecule has 0 spiro atoms. The largest absolute Gasteiger partial charge is 0.389 e. The molecule has 0 aromatic rings. The van der Waals surface area contributed by atoms with Crippen LogP contribution in [0.4, 0.5) is 0 Å². The molecule has 1 unspecified atom stereocenters. The molecule has 0 saturated carbocycles. The van der Waals surface area contributed by atoms with Gasteiger partial charge in [0, 0.05) is 20.2 Å².